The Morgan fingerprint density at radius 3 is 2.90 bits per heavy atom. The molecule has 2 amide bonds. The van der Waals surface area contributed by atoms with E-state index in [0.717, 1.165) is 11.4 Å². The van der Waals surface area contributed by atoms with Gasteiger partial charge in [0, 0.05) is 43.5 Å². The summed E-state index contributed by atoms with van der Waals surface area (Å²) in [5.74, 6) is 0.0990. The number of hydrogen-bond acceptors (Lipinski definition) is 5. The number of nitrogens with zero attached hydrogens (tertiary/aromatic N) is 2. The molecular weight excluding hydrogens is 388 g/mol. The van der Waals surface area contributed by atoms with Crippen LogP contribution in [0.3, 0.4) is 0 Å². The van der Waals surface area contributed by atoms with Crippen LogP contribution in [0.4, 0.5) is 0 Å². The number of ether oxygens (including phenoxy) is 1. The first-order chi connectivity index (χ1) is 14.6. The van der Waals surface area contributed by atoms with Gasteiger partial charge in [0.1, 0.15) is 0 Å². The van der Waals surface area contributed by atoms with Gasteiger partial charge in [0.15, 0.2) is 0 Å². The normalized spacial score (nSPS) is 22.0. The van der Waals surface area contributed by atoms with Crippen LogP contribution in [0, 0.1) is 11.3 Å². The van der Waals surface area contributed by atoms with Gasteiger partial charge in [-0.05, 0) is 30.7 Å². The van der Waals surface area contributed by atoms with Crippen molar-refractivity contribution in [2.45, 2.75) is 19.4 Å². The lowest BCUT2D eigenvalue weighted by atomic mass is 9.80. The van der Waals surface area contributed by atoms with E-state index in [1.54, 1.807) is 6.20 Å². The topological polar surface area (TPSA) is 125 Å². The number of aromatic nitrogens is 2. The van der Waals surface area contributed by atoms with Crippen LogP contribution in [0.5, 0.6) is 0 Å². The monoisotopic (exact) mass is 414 g/mol. The second-order valence-electron chi connectivity index (χ2n) is 7.45. The summed E-state index contributed by atoms with van der Waals surface area (Å²) >= 11 is 0. The Morgan fingerprint density at radius 1 is 1.37 bits per heavy atom. The van der Waals surface area contributed by atoms with Gasteiger partial charge >= 0.3 is 0 Å². The quantitative estimate of drug-likeness (QED) is 0.602. The summed E-state index contributed by atoms with van der Waals surface area (Å²) in [5.41, 5.74) is 1.22. The molecular formula is C21H26N4O5. The fourth-order valence-electron chi connectivity index (χ4n) is 4.02. The molecule has 0 saturated carbocycles. The lowest BCUT2D eigenvalue weighted by Gasteiger charge is -2.26. The van der Waals surface area contributed by atoms with Gasteiger partial charge in [-0.1, -0.05) is 6.07 Å². The third kappa shape index (κ3) is 4.85. The Morgan fingerprint density at radius 2 is 2.20 bits per heavy atom. The number of rotatable bonds is 6. The number of hydrogen-bond donors (Lipinski definition) is 3. The molecule has 2 aromatic heterocycles. The van der Waals surface area contributed by atoms with Crippen molar-refractivity contribution in [3.63, 3.8) is 0 Å². The smallest absolute Gasteiger partial charge is 0.290 e. The van der Waals surface area contributed by atoms with Crippen LogP contribution in [0.25, 0.3) is 0 Å². The minimum atomic E-state index is -0.642. The van der Waals surface area contributed by atoms with Crippen LogP contribution in [0.1, 0.15) is 17.8 Å². The highest BCUT2D eigenvalue weighted by molar-refractivity contribution is 5.86. The van der Waals surface area contributed by atoms with Crippen LogP contribution in [-0.4, -0.2) is 64.6 Å². The molecule has 160 valence electrons. The number of amides is 2. The standard InChI is InChI=1S/C20H24N4O3.CH2O2/c25-18(7-6-16-5-3-9-21-16)24-11-15-12-27-14-20(15,13-24)19(26)23-10-17-4-1-2-8-22-17;2-1-3/h1-5,8-9,15,21H,6-7,10-14H2,(H,23,26);1H,(H,2,3)/t15-,20-;/m1./s1. The van der Waals surface area contributed by atoms with Crippen LogP contribution in [0.2, 0.25) is 0 Å². The molecule has 30 heavy (non-hydrogen) atoms. The van der Waals surface area contributed by atoms with Crippen molar-refractivity contribution in [1.82, 2.24) is 20.2 Å². The highest BCUT2D eigenvalue weighted by Gasteiger charge is 2.56. The highest BCUT2D eigenvalue weighted by atomic mass is 16.5. The zero-order chi connectivity index (χ0) is 21.4. The molecule has 2 atom stereocenters. The van der Waals surface area contributed by atoms with Gasteiger partial charge in [0.2, 0.25) is 11.8 Å². The number of aromatic amines is 1. The summed E-state index contributed by atoms with van der Waals surface area (Å²) in [6.07, 6.45) is 4.70. The number of pyridine rings is 1. The summed E-state index contributed by atoms with van der Waals surface area (Å²) in [7, 11) is 0. The molecule has 2 saturated heterocycles. The zero-order valence-corrected chi connectivity index (χ0v) is 16.6. The van der Waals surface area contributed by atoms with Gasteiger partial charge < -0.3 is 25.0 Å². The fourth-order valence-corrected chi connectivity index (χ4v) is 4.02. The second-order valence-corrected chi connectivity index (χ2v) is 7.45. The van der Waals surface area contributed by atoms with Gasteiger partial charge in [-0.15, -0.1) is 0 Å². The molecule has 0 aromatic carbocycles. The van der Waals surface area contributed by atoms with E-state index in [-0.39, 0.29) is 24.2 Å². The molecule has 2 aliphatic rings. The summed E-state index contributed by atoms with van der Waals surface area (Å²) < 4.78 is 5.62. The van der Waals surface area contributed by atoms with E-state index in [1.165, 1.54) is 0 Å². The van der Waals surface area contributed by atoms with Gasteiger partial charge in [-0.25, -0.2) is 0 Å². The Balaban J connectivity index is 0.000000806. The first-order valence-electron chi connectivity index (χ1n) is 9.83. The number of nitrogens with one attached hydrogen (secondary N) is 2. The van der Waals surface area contributed by atoms with Crippen molar-refractivity contribution < 1.29 is 24.2 Å². The lowest BCUT2D eigenvalue weighted by molar-refractivity contribution is -0.134. The molecule has 2 aliphatic heterocycles. The van der Waals surface area contributed by atoms with Crippen molar-refractivity contribution in [3.05, 3.63) is 54.1 Å². The van der Waals surface area contributed by atoms with Crippen molar-refractivity contribution in [2.24, 2.45) is 11.3 Å². The number of carbonyl (C=O) groups is 3. The summed E-state index contributed by atoms with van der Waals surface area (Å²) in [6, 6.07) is 9.53. The average molecular weight is 414 g/mol. The molecule has 0 aliphatic carbocycles. The maximum atomic E-state index is 13.0. The van der Waals surface area contributed by atoms with Crippen molar-refractivity contribution >= 4 is 18.3 Å². The molecule has 2 fully saturated rings. The van der Waals surface area contributed by atoms with E-state index < -0.39 is 5.41 Å². The minimum Gasteiger partial charge on any atom is -0.483 e. The number of fused-ring (bicyclic) bond motifs is 1. The third-order valence-corrected chi connectivity index (χ3v) is 5.61. The van der Waals surface area contributed by atoms with Crippen LogP contribution in [0.15, 0.2) is 42.7 Å². The SMILES string of the molecule is O=C(CCc1ccc[nH]1)N1C[C@@H]2COC[C@]2(C(=O)NCc2ccccn2)C1.O=CO. The van der Waals surface area contributed by atoms with Crippen LogP contribution in [-0.2, 0) is 32.1 Å². The van der Waals surface area contributed by atoms with E-state index in [2.05, 4.69) is 15.3 Å². The summed E-state index contributed by atoms with van der Waals surface area (Å²) in [6.45, 7) is 2.04. The predicted molar refractivity (Wildman–Crippen MR) is 107 cm³/mol. The molecule has 3 N–H and O–H groups in total. The molecule has 0 unspecified atom stereocenters. The molecule has 9 heteroatoms. The van der Waals surface area contributed by atoms with Gasteiger partial charge in [-0.2, -0.15) is 0 Å². The third-order valence-electron chi connectivity index (χ3n) is 5.61. The Labute approximate surface area is 174 Å². The molecule has 2 aromatic rings. The van der Waals surface area contributed by atoms with E-state index in [4.69, 9.17) is 14.6 Å². The maximum absolute atomic E-state index is 13.0. The van der Waals surface area contributed by atoms with E-state index >= 15 is 0 Å². The Bertz CT molecular complexity index is 842. The number of carboxylic acid groups (broad SMARTS) is 1. The minimum absolute atomic E-state index is 0.0460. The first-order valence-corrected chi connectivity index (χ1v) is 9.83. The molecule has 0 spiro atoms. The molecule has 9 nitrogen and oxygen atoms in total. The van der Waals surface area contributed by atoms with Crippen molar-refractivity contribution in [2.75, 3.05) is 26.3 Å². The van der Waals surface area contributed by atoms with Gasteiger partial charge in [-0.3, -0.25) is 19.4 Å². The lowest BCUT2D eigenvalue weighted by Crippen LogP contribution is -2.46. The Kier molecular flexibility index (Phi) is 7.18. The van der Waals surface area contributed by atoms with E-state index in [0.29, 0.717) is 45.7 Å². The zero-order valence-electron chi connectivity index (χ0n) is 16.6. The van der Waals surface area contributed by atoms with Gasteiger partial charge in [0.05, 0.1) is 30.9 Å². The average Bonchev–Trinajstić information content (AvgIpc) is 3.47. The van der Waals surface area contributed by atoms with Crippen LogP contribution >= 0.6 is 0 Å². The van der Waals surface area contributed by atoms with E-state index in [9.17, 15) is 9.59 Å². The number of likely N-dealkylation sites (tertiary alicyclic amines) is 1. The van der Waals surface area contributed by atoms with Crippen LogP contribution < -0.4 is 5.32 Å². The molecule has 0 bridgehead atoms. The number of H-pyrrole nitrogens is 1. The molecule has 4 rings (SSSR count). The van der Waals surface area contributed by atoms with Crippen molar-refractivity contribution in [1.29, 1.82) is 0 Å². The molecule has 0 radical (unpaired) electrons. The largest absolute Gasteiger partial charge is 0.483 e. The van der Waals surface area contributed by atoms with Crippen molar-refractivity contribution in [3.8, 4) is 0 Å². The number of aryl methyl sites for hydroxylation is 1. The first kappa shape index (κ1) is 21.5. The van der Waals surface area contributed by atoms with Gasteiger partial charge in [0.25, 0.3) is 6.47 Å². The summed E-state index contributed by atoms with van der Waals surface area (Å²) in [5, 5.41) is 9.88. The fraction of sp³-hybridized carbons (Fsp3) is 0.429. The number of carbonyl (C=O) groups excluding carboxylic acids is 2. The predicted octanol–water partition coefficient (Wildman–Crippen LogP) is 0.835. The summed E-state index contributed by atoms with van der Waals surface area (Å²) in [4.78, 5) is 43.2. The maximum Gasteiger partial charge on any atom is 0.290 e. The highest BCUT2D eigenvalue weighted by Crippen LogP contribution is 2.41. The molecule has 4 heterocycles. The Hall–Kier alpha value is -3.20. The second kappa shape index (κ2) is 10.0. The van der Waals surface area contributed by atoms with E-state index in [1.807, 2.05) is 41.4 Å².